The van der Waals surface area contributed by atoms with E-state index in [2.05, 4.69) is 22.7 Å². The van der Waals surface area contributed by atoms with Gasteiger partial charge in [-0.25, -0.2) is 4.98 Å². The lowest BCUT2D eigenvalue weighted by molar-refractivity contribution is 0.415. The summed E-state index contributed by atoms with van der Waals surface area (Å²) in [5.74, 6) is 1.37. The highest BCUT2D eigenvalue weighted by molar-refractivity contribution is 7.99. The SMILES string of the molecule is COc1ccc2c(c1)nc(N)n2CC(C)SC. The van der Waals surface area contributed by atoms with Crippen molar-refractivity contribution in [2.24, 2.45) is 0 Å². The van der Waals surface area contributed by atoms with Crippen molar-refractivity contribution in [1.29, 1.82) is 0 Å². The van der Waals surface area contributed by atoms with Crippen LogP contribution in [0.5, 0.6) is 5.75 Å². The number of anilines is 1. The number of fused-ring (bicyclic) bond motifs is 1. The van der Waals surface area contributed by atoms with Crippen LogP contribution >= 0.6 is 11.8 Å². The van der Waals surface area contributed by atoms with Crippen molar-refractivity contribution in [1.82, 2.24) is 9.55 Å². The molecule has 0 radical (unpaired) electrons. The van der Waals surface area contributed by atoms with Gasteiger partial charge in [-0.3, -0.25) is 0 Å². The number of nitrogens with two attached hydrogens (primary N) is 1. The standard InChI is InChI=1S/C12H17N3OS/c1-8(17-3)7-15-11-5-4-9(16-2)6-10(11)14-12(15)13/h4-6,8H,7H2,1-3H3,(H2,13,14). The molecule has 92 valence electrons. The molecule has 0 aliphatic carbocycles. The van der Waals surface area contributed by atoms with Crippen molar-refractivity contribution in [3.63, 3.8) is 0 Å². The average Bonchev–Trinajstić information content (AvgIpc) is 2.64. The number of benzene rings is 1. The molecule has 0 saturated heterocycles. The molecule has 0 aliphatic rings. The van der Waals surface area contributed by atoms with Crippen LogP contribution in [0.4, 0.5) is 5.95 Å². The van der Waals surface area contributed by atoms with Crippen LogP contribution in [0.1, 0.15) is 6.92 Å². The molecule has 2 N–H and O–H groups in total. The molecule has 0 fully saturated rings. The van der Waals surface area contributed by atoms with Crippen molar-refractivity contribution >= 4 is 28.7 Å². The van der Waals surface area contributed by atoms with E-state index < -0.39 is 0 Å². The van der Waals surface area contributed by atoms with E-state index in [1.54, 1.807) is 7.11 Å². The van der Waals surface area contributed by atoms with Crippen LogP contribution in [0, 0.1) is 0 Å². The number of aromatic nitrogens is 2. The van der Waals surface area contributed by atoms with Crippen molar-refractivity contribution in [2.45, 2.75) is 18.7 Å². The quantitative estimate of drug-likeness (QED) is 0.906. The Morgan fingerprint density at radius 2 is 2.29 bits per heavy atom. The highest BCUT2D eigenvalue weighted by Crippen LogP contribution is 2.24. The van der Waals surface area contributed by atoms with E-state index in [1.165, 1.54) is 0 Å². The Kier molecular flexibility index (Phi) is 3.47. The van der Waals surface area contributed by atoms with Gasteiger partial charge in [0.1, 0.15) is 5.75 Å². The fraction of sp³-hybridized carbons (Fsp3) is 0.417. The minimum Gasteiger partial charge on any atom is -0.497 e. The predicted octanol–water partition coefficient (Wildman–Crippen LogP) is 2.38. The molecule has 0 saturated carbocycles. The summed E-state index contributed by atoms with van der Waals surface area (Å²) in [4.78, 5) is 4.36. The molecule has 4 nitrogen and oxygen atoms in total. The summed E-state index contributed by atoms with van der Waals surface area (Å²) in [5.41, 5.74) is 7.89. The van der Waals surface area contributed by atoms with Gasteiger partial charge in [-0.05, 0) is 18.4 Å². The lowest BCUT2D eigenvalue weighted by Gasteiger charge is -2.11. The lowest BCUT2D eigenvalue weighted by Crippen LogP contribution is -2.11. The molecule has 1 heterocycles. The van der Waals surface area contributed by atoms with Crippen LogP contribution < -0.4 is 10.5 Å². The van der Waals surface area contributed by atoms with Gasteiger partial charge in [0.15, 0.2) is 0 Å². The number of imidazole rings is 1. The summed E-state index contributed by atoms with van der Waals surface area (Å²) >= 11 is 1.82. The molecule has 1 atom stereocenters. The average molecular weight is 251 g/mol. The number of ether oxygens (including phenoxy) is 1. The zero-order valence-corrected chi connectivity index (χ0v) is 11.1. The third kappa shape index (κ3) is 2.34. The zero-order chi connectivity index (χ0) is 12.4. The fourth-order valence-electron chi connectivity index (χ4n) is 1.78. The van der Waals surface area contributed by atoms with Crippen LogP contribution in [0.3, 0.4) is 0 Å². The molecule has 5 heteroatoms. The molecular weight excluding hydrogens is 234 g/mol. The molecule has 2 rings (SSSR count). The first kappa shape index (κ1) is 12.1. The molecule has 1 aromatic heterocycles. The first-order chi connectivity index (χ1) is 8.15. The van der Waals surface area contributed by atoms with E-state index in [0.29, 0.717) is 11.2 Å². The van der Waals surface area contributed by atoms with Gasteiger partial charge in [0.05, 0.1) is 18.1 Å². The Morgan fingerprint density at radius 3 is 2.94 bits per heavy atom. The number of hydrogen-bond acceptors (Lipinski definition) is 4. The van der Waals surface area contributed by atoms with Crippen LogP contribution in [-0.2, 0) is 6.54 Å². The van der Waals surface area contributed by atoms with E-state index in [9.17, 15) is 0 Å². The fourth-order valence-corrected chi connectivity index (χ4v) is 2.08. The van der Waals surface area contributed by atoms with Crippen LogP contribution in [0.15, 0.2) is 18.2 Å². The van der Waals surface area contributed by atoms with Gasteiger partial charge in [-0.15, -0.1) is 0 Å². The van der Waals surface area contributed by atoms with Gasteiger partial charge in [0, 0.05) is 17.9 Å². The maximum Gasteiger partial charge on any atom is 0.201 e. The van der Waals surface area contributed by atoms with Gasteiger partial charge in [-0.1, -0.05) is 6.92 Å². The van der Waals surface area contributed by atoms with Crippen molar-refractivity contribution in [3.8, 4) is 5.75 Å². The van der Waals surface area contributed by atoms with Gasteiger partial charge in [0.25, 0.3) is 0 Å². The highest BCUT2D eigenvalue weighted by atomic mass is 32.2. The largest absolute Gasteiger partial charge is 0.497 e. The maximum absolute atomic E-state index is 5.95. The van der Waals surface area contributed by atoms with E-state index in [4.69, 9.17) is 10.5 Å². The number of nitrogen functional groups attached to an aromatic ring is 1. The smallest absolute Gasteiger partial charge is 0.201 e. The van der Waals surface area contributed by atoms with E-state index >= 15 is 0 Å². The summed E-state index contributed by atoms with van der Waals surface area (Å²) in [6, 6.07) is 5.85. The molecule has 0 amide bonds. The zero-order valence-electron chi connectivity index (χ0n) is 10.3. The summed E-state index contributed by atoms with van der Waals surface area (Å²) in [6.07, 6.45) is 2.10. The Hall–Kier alpha value is -1.36. The second-order valence-electron chi connectivity index (χ2n) is 3.98. The van der Waals surface area contributed by atoms with Gasteiger partial charge < -0.3 is 15.0 Å². The molecule has 0 aliphatic heterocycles. The Morgan fingerprint density at radius 1 is 1.53 bits per heavy atom. The maximum atomic E-state index is 5.95. The van der Waals surface area contributed by atoms with Crippen molar-refractivity contribution in [2.75, 3.05) is 19.1 Å². The van der Waals surface area contributed by atoms with Crippen molar-refractivity contribution < 1.29 is 4.74 Å². The third-order valence-electron chi connectivity index (χ3n) is 2.83. The Bertz CT molecular complexity index is 524. The Balaban J connectivity index is 2.45. The van der Waals surface area contributed by atoms with Crippen LogP contribution in [0.25, 0.3) is 11.0 Å². The van der Waals surface area contributed by atoms with Gasteiger partial charge in [-0.2, -0.15) is 11.8 Å². The molecule has 17 heavy (non-hydrogen) atoms. The molecule has 1 aromatic carbocycles. The summed E-state index contributed by atoms with van der Waals surface area (Å²) in [6.45, 7) is 3.05. The number of rotatable bonds is 4. The molecule has 2 aromatic rings. The number of nitrogens with zero attached hydrogens (tertiary/aromatic N) is 2. The van der Waals surface area contributed by atoms with E-state index in [0.717, 1.165) is 23.3 Å². The highest BCUT2D eigenvalue weighted by Gasteiger charge is 2.11. The topological polar surface area (TPSA) is 53.1 Å². The lowest BCUT2D eigenvalue weighted by atomic mass is 10.3. The minimum atomic E-state index is 0.511. The minimum absolute atomic E-state index is 0.511. The van der Waals surface area contributed by atoms with Gasteiger partial charge in [0.2, 0.25) is 5.95 Å². The van der Waals surface area contributed by atoms with Crippen molar-refractivity contribution in [3.05, 3.63) is 18.2 Å². The molecule has 1 unspecified atom stereocenters. The predicted molar refractivity (Wildman–Crippen MR) is 73.7 cm³/mol. The molecule has 0 bridgehead atoms. The summed E-state index contributed by atoms with van der Waals surface area (Å²) in [7, 11) is 1.65. The third-order valence-corrected chi connectivity index (χ3v) is 3.78. The monoisotopic (exact) mass is 251 g/mol. The number of methoxy groups -OCH3 is 1. The second-order valence-corrected chi connectivity index (χ2v) is 5.26. The van der Waals surface area contributed by atoms with Crippen LogP contribution in [0.2, 0.25) is 0 Å². The van der Waals surface area contributed by atoms with E-state index in [-0.39, 0.29) is 0 Å². The molecule has 0 spiro atoms. The van der Waals surface area contributed by atoms with Crippen LogP contribution in [-0.4, -0.2) is 28.2 Å². The summed E-state index contributed by atoms with van der Waals surface area (Å²) in [5, 5.41) is 0.511. The second kappa shape index (κ2) is 4.87. The number of thioether (sulfide) groups is 1. The normalized spacial score (nSPS) is 12.9. The Labute approximate surface area is 105 Å². The first-order valence-corrected chi connectivity index (χ1v) is 6.77. The van der Waals surface area contributed by atoms with Gasteiger partial charge >= 0.3 is 0 Å². The first-order valence-electron chi connectivity index (χ1n) is 5.48. The summed E-state index contributed by atoms with van der Waals surface area (Å²) < 4.78 is 7.23. The molecular formula is C12H17N3OS. The number of hydrogen-bond donors (Lipinski definition) is 1. The van der Waals surface area contributed by atoms with E-state index in [1.807, 2.05) is 30.0 Å².